The molecule has 0 fully saturated rings. The van der Waals surface area contributed by atoms with Crippen molar-refractivity contribution in [2.75, 3.05) is 19.5 Å². The van der Waals surface area contributed by atoms with Crippen molar-refractivity contribution >= 4 is 28.2 Å². The summed E-state index contributed by atoms with van der Waals surface area (Å²) in [5.74, 6) is 1.34. The molecule has 33 heavy (non-hydrogen) atoms. The Kier molecular flexibility index (Phi) is 6.29. The van der Waals surface area contributed by atoms with Gasteiger partial charge in [0, 0.05) is 39.5 Å². The first kappa shape index (κ1) is 22.3. The van der Waals surface area contributed by atoms with Crippen LogP contribution >= 0.6 is 11.6 Å². The van der Waals surface area contributed by atoms with E-state index in [0.717, 1.165) is 22.4 Å². The number of anilines is 1. The minimum Gasteiger partial charge on any atom is -0.497 e. The first-order valence-electron chi connectivity index (χ1n) is 10.1. The van der Waals surface area contributed by atoms with Crippen molar-refractivity contribution in [1.29, 1.82) is 5.26 Å². The molecular formula is C25H20ClFN4O2. The lowest BCUT2D eigenvalue weighted by Crippen LogP contribution is -2.06. The molecular weight excluding hydrogens is 443 g/mol. The zero-order valence-corrected chi connectivity index (χ0v) is 19.0. The van der Waals surface area contributed by atoms with E-state index in [1.165, 1.54) is 0 Å². The normalized spacial score (nSPS) is 10.7. The summed E-state index contributed by atoms with van der Waals surface area (Å²) in [7, 11) is 3.21. The molecule has 6 nitrogen and oxygen atoms in total. The highest BCUT2D eigenvalue weighted by molar-refractivity contribution is 6.31. The summed E-state index contributed by atoms with van der Waals surface area (Å²) in [6.45, 7) is 2.30. The van der Waals surface area contributed by atoms with Gasteiger partial charge in [-0.25, -0.2) is 4.39 Å². The maximum absolute atomic E-state index is 14.3. The molecule has 4 aromatic rings. The fourth-order valence-corrected chi connectivity index (χ4v) is 3.88. The van der Waals surface area contributed by atoms with E-state index >= 15 is 0 Å². The lowest BCUT2D eigenvalue weighted by atomic mass is 9.97. The predicted octanol–water partition coefficient (Wildman–Crippen LogP) is 5.90. The Morgan fingerprint density at radius 3 is 2.58 bits per heavy atom. The number of aromatic nitrogens is 2. The van der Waals surface area contributed by atoms with Crippen LogP contribution in [0.1, 0.15) is 16.8 Å². The molecule has 1 N–H and O–H groups in total. The largest absolute Gasteiger partial charge is 0.497 e. The number of nitrogens with one attached hydrogen (secondary N) is 1. The predicted molar refractivity (Wildman–Crippen MR) is 126 cm³/mol. The molecule has 0 bridgehead atoms. The van der Waals surface area contributed by atoms with Gasteiger partial charge in [-0.15, -0.1) is 5.10 Å². The Balaban J connectivity index is 1.72. The van der Waals surface area contributed by atoms with Gasteiger partial charge in [-0.3, -0.25) is 0 Å². The quantitative estimate of drug-likeness (QED) is 0.384. The molecule has 0 unspecified atom stereocenters. The molecule has 0 aliphatic carbocycles. The summed E-state index contributed by atoms with van der Waals surface area (Å²) in [6.07, 6.45) is 0. The summed E-state index contributed by atoms with van der Waals surface area (Å²) in [4.78, 5) is 0. The standard InChI is InChI=1S/C25H20ClFN4O2/c1-14-20-8-15(21-9-17(26)10-23(27)22(21)12-28)5-7-19(20)25(31-30-14)29-13-16-4-6-18(32-2)11-24(16)33-3/h4-11H,13H2,1-3H3,(H,29,31). The Labute approximate surface area is 195 Å². The number of aryl methyl sites for hydroxylation is 1. The average molecular weight is 463 g/mol. The summed E-state index contributed by atoms with van der Waals surface area (Å²) in [5.41, 5.74) is 2.68. The third-order valence-corrected chi connectivity index (χ3v) is 5.60. The van der Waals surface area contributed by atoms with Crippen LogP contribution in [0.4, 0.5) is 10.2 Å². The van der Waals surface area contributed by atoms with E-state index in [1.54, 1.807) is 20.3 Å². The number of rotatable bonds is 6. The maximum Gasteiger partial charge on any atom is 0.156 e. The average Bonchev–Trinajstić information content (AvgIpc) is 2.83. The molecule has 0 aliphatic rings. The number of methoxy groups -OCH3 is 2. The SMILES string of the molecule is COc1ccc(CNc2nnc(C)c3cc(-c4cc(Cl)cc(F)c4C#N)ccc23)c(OC)c1. The Bertz CT molecular complexity index is 1400. The van der Waals surface area contributed by atoms with Crippen LogP contribution in [-0.4, -0.2) is 24.4 Å². The molecule has 0 radical (unpaired) electrons. The van der Waals surface area contributed by atoms with Crippen LogP contribution in [0, 0.1) is 24.1 Å². The zero-order valence-electron chi connectivity index (χ0n) is 18.2. The van der Waals surface area contributed by atoms with Gasteiger partial charge in [-0.2, -0.15) is 10.4 Å². The second-order valence-electron chi connectivity index (χ2n) is 7.35. The van der Waals surface area contributed by atoms with Gasteiger partial charge in [0.1, 0.15) is 23.4 Å². The molecule has 0 atom stereocenters. The topological polar surface area (TPSA) is 80.1 Å². The van der Waals surface area contributed by atoms with E-state index in [9.17, 15) is 9.65 Å². The molecule has 0 saturated heterocycles. The van der Waals surface area contributed by atoms with Crippen LogP contribution in [0.2, 0.25) is 5.02 Å². The summed E-state index contributed by atoms with van der Waals surface area (Å²) < 4.78 is 25.0. The van der Waals surface area contributed by atoms with Crippen LogP contribution in [0.5, 0.6) is 11.5 Å². The number of fused-ring (bicyclic) bond motifs is 1. The van der Waals surface area contributed by atoms with Gasteiger partial charge in [0.05, 0.1) is 25.5 Å². The van der Waals surface area contributed by atoms with Gasteiger partial charge in [-0.05, 0) is 48.9 Å². The number of ether oxygens (including phenoxy) is 2. The van der Waals surface area contributed by atoms with Crippen molar-refractivity contribution in [3.8, 4) is 28.7 Å². The van der Waals surface area contributed by atoms with Crippen LogP contribution in [0.25, 0.3) is 21.9 Å². The lowest BCUT2D eigenvalue weighted by molar-refractivity contribution is 0.391. The number of nitrogens with zero attached hydrogens (tertiary/aromatic N) is 3. The third-order valence-electron chi connectivity index (χ3n) is 5.38. The van der Waals surface area contributed by atoms with Gasteiger partial charge in [0.2, 0.25) is 0 Å². The van der Waals surface area contributed by atoms with Gasteiger partial charge < -0.3 is 14.8 Å². The van der Waals surface area contributed by atoms with Crippen molar-refractivity contribution in [3.63, 3.8) is 0 Å². The van der Waals surface area contributed by atoms with E-state index in [4.69, 9.17) is 21.1 Å². The van der Waals surface area contributed by atoms with Crippen molar-refractivity contribution in [2.24, 2.45) is 0 Å². The highest BCUT2D eigenvalue weighted by atomic mass is 35.5. The highest BCUT2D eigenvalue weighted by Gasteiger charge is 2.15. The summed E-state index contributed by atoms with van der Waals surface area (Å²) >= 11 is 6.05. The first-order valence-corrected chi connectivity index (χ1v) is 10.4. The number of benzene rings is 3. The molecule has 166 valence electrons. The van der Waals surface area contributed by atoms with Crippen molar-refractivity contribution < 1.29 is 13.9 Å². The first-order chi connectivity index (χ1) is 15.9. The monoisotopic (exact) mass is 462 g/mol. The van der Waals surface area contributed by atoms with Crippen molar-refractivity contribution in [2.45, 2.75) is 13.5 Å². The fraction of sp³-hybridized carbons (Fsp3) is 0.160. The molecule has 0 amide bonds. The summed E-state index contributed by atoms with van der Waals surface area (Å²) in [5, 5.41) is 23.2. The van der Waals surface area contributed by atoms with Crippen molar-refractivity contribution in [3.05, 3.63) is 76.2 Å². The number of hydrogen-bond donors (Lipinski definition) is 1. The Morgan fingerprint density at radius 2 is 1.85 bits per heavy atom. The zero-order chi connectivity index (χ0) is 23.5. The van der Waals surface area contributed by atoms with Crippen LogP contribution in [0.3, 0.4) is 0 Å². The fourth-order valence-electron chi connectivity index (χ4n) is 3.67. The molecule has 8 heteroatoms. The van der Waals surface area contributed by atoms with E-state index in [0.29, 0.717) is 40.7 Å². The third kappa shape index (κ3) is 4.38. The highest BCUT2D eigenvalue weighted by Crippen LogP contribution is 2.33. The molecule has 3 aromatic carbocycles. The summed E-state index contributed by atoms with van der Waals surface area (Å²) in [6, 6.07) is 15.8. The van der Waals surface area contributed by atoms with E-state index < -0.39 is 5.82 Å². The van der Waals surface area contributed by atoms with E-state index in [-0.39, 0.29) is 10.6 Å². The van der Waals surface area contributed by atoms with Crippen LogP contribution < -0.4 is 14.8 Å². The van der Waals surface area contributed by atoms with Crippen LogP contribution in [-0.2, 0) is 6.54 Å². The van der Waals surface area contributed by atoms with E-state index in [2.05, 4.69) is 15.5 Å². The minimum absolute atomic E-state index is 0.0524. The van der Waals surface area contributed by atoms with Gasteiger partial charge >= 0.3 is 0 Å². The number of nitriles is 1. The smallest absolute Gasteiger partial charge is 0.156 e. The molecule has 0 spiro atoms. The Morgan fingerprint density at radius 1 is 1.03 bits per heavy atom. The van der Waals surface area contributed by atoms with E-state index in [1.807, 2.05) is 49.4 Å². The van der Waals surface area contributed by atoms with Gasteiger partial charge in [-0.1, -0.05) is 17.7 Å². The second-order valence-corrected chi connectivity index (χ2v) is 7.78. The lowest BCUT2D eigenvalue weighted by Gasteiger charge is -2.14. The maximum atomic E-state index is 14.3. The number of halogens is 2. The minimum atomic E-state index is -0.652. The molecule has 4 rings (SSSR count). The van der Waals surface area contributed by atoms with Gasteiger partial charge in [0.15, 0.2) is 5.82 Å². The molecule has 1 aromatic heterocycles. The number of hydrogen-bond acceptors (Lipinski definition) is 6. The molecule has 0 saturated carbocycles. The molecule has 0 aliphatic heterocycles. The van der Waals surface area contributed by atoms with Crippen molar-refractivity contribution in [1.82, 2.24) is 10.2 Å². The Hall–Kier alpha value is -3.89. The van der Waals surface area contributed by atoms with Gasteiger partial charge in [0.25, 0.3) is 0 Å². The molecule has 1 heterocycles. The second kappa shape index (κ2) is 9.31. The van der Waals surface area contributed by atoms with Crippen LogP contribution in [0.15, 0.2) is 48.5 Å².